The van der Waals surface area contributed by atoms with E-state index in [1.165, 1.54) is 11.5 Å². The van der Waals surface area contributed by atoms with Gasteiger partial charge < -0.3 is 5.32 Å². The van der Waals surface area contributed by atoms with Gasteiger partial charge in [-0.05, 0) is 18.6 Å². The molecule has 0 saturated heterocycles. The van der Waals surface area contributed by atoms with Crippen LogP contribution in [-0.4, -0.2) is 34.5 Å². The summed E-state index contributed by atoms with van der Waals surface area (Å²) in [6.45, 7) is 9.96. The standard InChI is InChI=1S/C11H22N2S2/c1-5-14-7-9(4)13-11-12-6-10(15-11)8(2)3/h8-10H,5-7H2,1-4H3,(H,12,13). The van der Waals surface area contributed by atoms with Crippen LogP contribution in [0.5, 0.6) is 0 Å². The summed E-state index contributed by atoms with van der Waals surface area (Å²) in [5.41, 5.74) is 0. The minimum atomic E-state index is 0.534. The molecule has 0 spiro atoms. The largest absolute Gasteiger partial charge is 0.362 e. The molecule has 2 atom stereocenters. The summed E-state index contributed by atoms with van der Waals surface area (Å²) in [6.07, 6.45) is 0. The lowest BCUT2D eigenvalue weighted by molar-refractivity contribution is 0.621. The SMILES string of the molecule is CCSCC(C)NC1=NCC(C(C)C)S1. The number of aliphatic imine (C=N–C) groups is 1. The van der Waals surface area contributed by atoms with Gasteiger partial charge in [0, 0.05) is 17.0 Å². The first-order chi connectivity index (χ1) is 7.13. The second kappa shape index (κ2) is 6.69. The lowest BCUT2D eigenvalue weighted by atomic mass is 10.1. The predicted molar refractivity (Wildman–Crippen MR) is 74.1 cm³/mol. The van der Waals surface area contributed by atoms with E-state index in [1.54, 1.807) is 0 Å². The van der Waals surface area contributed by atoms with Crippen molar-refractivity contribution in [1.29, 1.82) is 0 Å². The molecule has 1 N–H and O–H groups in total. The smallest absolute Gasteiger partial charge is 0.157 e. The Hall–Kier alpha value is 0.170. The molecule has 1 rings (SSSR count). The Bertz CT molecular complexity index is 217. The first-order valence-corrected chi connectivity index (χ1v) is 7.72. The molecule has 0 bridgehead atoms. The zero-order valence-electron chi connectivity index (χ0n) is 10.1. The highest BCUT2D eigenvalue weighted by molar-refractivity contribution is 8.14. The van der Waals surface area contributed by atoms with Crippen molar-refractivity contribution in [2.75, 3.05) is 18.1 Å². The van der Waals surface area contributed by atoms with E-state index in [4.69, 9.17) is 0 Å². The van der Waals surface area contributed by atoms with E-state index in [0.29, 0.717) is 11.3 Å². The molecule has 0 aliphatic carbocycles. The molecular weight excluding hydrogens is 224 g/mol. The number of hydrogen-bond donors (Lipinski definition) is 1. The summed E-state index contributed by atoms with van der Waals surface area (Å²) >= 11 is 3.89. The van der Waals surface area contributed by atoms with Crippen molar-refractivity contribution in [2.24, 2.45) is 10.9 Å². The summed E-state index contributed by atoms with van der Waals surface area (Å²) in [5, 5.41) is 5.32. The van der Waals surface area contributed by atoms with E-state index >= 15 is 0 Å². The van der Waals surface area contributed by atoms with Gasteiger partial charge in [-0.25, -0.2) is 0 Å². The third-order valence-corrected chi connectivity index (χ3v) is 4.97. The highest BCUT2D eigenvalue weighted by Gasteiger charge is 2.22. The maximum Gasteiger partial charge on any atom is 0.157 e. The van der Waals surface area contributed by atoms with Crippen LogP contribution in [0.3, 0.4) is 0 Å². The third-order valence-electron chi connectivity index (χ3n) is 2.36. The van der Waals surface area contributed by atoms with E-state index in [2.05, 4.69) is 38.0 Å². The van der Waals surface area contributed by atoms with Crippen LogP contribution in [0.4, 0.5) is 0 Å². The van der Waals surface area contributed by atoms with E-state index in [9.17, 15) is 0 Å². The minimum absolute atomic E-state index is 0.534. The number of nitrogens with one attached hydrogen (secondary N) is 1. The maximum atomic E-state index is 4.55. The van der Waals surface area contributed by atoms with Gasteiger partial charge >= 0.3 is 0 Å². The Labute approximate surface area is 102 Å². The molecule has 0 fully saturated rings. The molecule has 2 unspecified atom stereocenters. The van der Waals surface area contributed by atoms with Gasteiger partial charge in [-0.2, -0.15) is 11.8 Å². The molecule has 88 valence electrons. The number of rotatable bonds is 5. The van der Waals surface area contributed by atoms with Crippen molar-refractivity contribution >= 4 is 28.7 Å². The Kier molecular flexibility index (Phi) is 5.90. The monoisotopic (exact) mass is 246 g/mol. The highest BCUT2D eigenvalue weighted by atomic mass is 32.2. The van der Waals surface area contributed by atoms with Crippen molar-refractivity contribution in [3.63, 3.8) is 0 Å². The Balaban J connectivity index is 2.23. The average Bonchev–Trinajstić information content (AvgIpc) is 2.63. The first kappa shape index (κ1) is 13.2. The summed E-state index contributed by atoms with van der Waals surface area (Å²) < 4.78 is 0. The zero-order chi connectivity index (χ0) is 11.3. The fourth-order valence-corrected chi connectivity index (χ4v) is 3.16. The van der Waals surface area contributed by atoms with Crippen LogP contribution in [-0.2, 0) is 0 Å². The molecule has 0 radical (unpaired) electrons. The van der Waals surface area contributed by atoms with Gasteiger partial charge in [0.15, 0.2) is 5.17 Å². The molecule has 0 amide bonds. The second-order valence-corrected chi connectivity index (χ2v) is 6.80. The summed E-state index contributed by atoms with van der Waals surface area (Å²) in [4.78, 5) is 4.55. The van der Waals surface area contributed by atoms with Gasteiger partial charge in [0.1, 0.15) is 0 Å². The van der Waals surface area contributed by atoms with Gasteiger partial charge in [-0.15, -0.1) is 0 Å². The van der Waals surface area contributed by atoms with Crippen LogP contribution in [0.1, 0.15) is 27.7 Å². The molecule has 1 aliphatic heterocycles. The average molecular weight is 246 g/mol. The van der Waals surface area contributed by atoms with Crippen LogP contribution < -0.4 is 5.32 Å². The van der Waals surface area contributed by atoms with Gasteiger partial charge in [0.2, 0.25) is 0 Å². The zero-order valence-corrected chi connectivity index (χ0v) is 11.8. The van der Waals surface area contributed by atoms with Gasteiger partial charge in [0.25, 0.3) is 0 Å². The molecule has 2 nitrogen and oxygen atoms in total. The van der Waals surface area contributed by atoms with Crippen molar-refractivity contribution < 1.29 is 0 Å². The molecule has 4 heteroatoms. The number of nitrogens with zero attached hydrogens (tertiary/aromatic N) is 1. The Morgan fingerprint density at radius 1 is 1.53 bits per heavy atom. The van der Waals surface area contributed by atoms with Gasteiger partial charge in [-0.3, -0.25) is 4.99 Å². The summed E-state index contributed by atoms with van der Waals surface area (Å²) in [7, 11) is 0. The molecule has 15 heavy (non-hydrogen) atoms. The van der Waals surface area contributed by atoms with Crippen LogP contribution >= 0.6 is 23.5 Å². The van der Waals surface area contributed by atoms with Crippen molar-refractivity contribution in [3.8, 4) is 0 Å². The van der Waals surface area contributed by atoms with E-state index < -0.39 is 0 Å². The molecule has 0 aromatic heterocycles. The number of amidine groups is 1. The second-order valence-electron chi connectivity index (χ2n) is 4.25. The number of hydrogen-bond acceptors (Lipinski definition) is 4. The Morgan fingerprint density at radius 2 is 2.27 bits per heavy atom. The molecule has 1 aliphatic rings. The number of thioether (sulfide) groups is 2. The van der Waals surface area contributed by atoms with Crippen LogP contribution in [0.2, 0.25) is 0 Å². The van der Waals surface area contributed by atoms with Crippen molar-refractivity contribution in [1.82, 2.24) is 5.32 Å². The summed E-state index contributed by atoms with van der Waals surface area (Å²) in [6, 6.07) is 0.534. The minimum Gasteiger partial charge on any atom is -0.362 e. The lowest BCUT2D eigenvalue weighted by Gasteiger charge is -2.15. The first-order valence-electron chi connectivity index (χ1n) is 5.68. The normalized spacial score (nSPS) is 23.0. The van der Waals surface area contributed by atoms with Crippen molar-refractivity contribution in [2.45, 2.75) is 39.0 Å². The van der Waals surface area contributed by atoms with Gasteiger partial charge in [-0.1, -0.05) is 32.5 Å². The molecule has 0 aromatic carbocycles. The van der Waals surface area contributed by atoms with Crippen LogP contribution in [0, 0.1) is 5.92 Å². The van der Waals surface area contributed by atoms with Gasteiger partial charge in [0.05, 0.1) is 6.54 Å². The quantitative estimate of drug-likeness (QED) is 0.807. The Morgan fingerprint density at radius 3 is 2.80 bits per heavy atom. The topological polar surface area (TPSA) is 24.4 Å². The lowest BCUT2D eigenvalue weighted by Crippen LogP contribution is -2.32. The van der Waals surface area contributed by atoms with Crippen molar-refractivity contribution in [3.05, 3.63) is 0 Å². The van der Waals surface area contributed by atoms with Crippen LogP contribution in [0.15, 0.2) is 4.99 Å². The van der Waals surface area contributed by atoms with E-state index in [1.807, 2.05) is 23.5 Å². The highest BCUT2D eigenvalue weighted by Crippen LogP contribution is 2.26. The predicted octanol–water partition coefficient (Wildman–Crippen LogP) is 2.85. The van der Waals surface area contributed by atoms with E-state index in [0.717, 1.165) is 17.6 Å². The molecule has 0 aromatic rings. The van der Waals surface area contributed by atoms with E-state index in [-0.39, 0.29) is 0 Å². The third kappa shape index (κ3) is 4.68. The molecule has 1 heterocycles. The molecule has 0 saturated carbocycles. The van der Waals surface area contributed by atoms with Crippen LogP contribution in [0.25, 0.3) is 0 Å². The fraction of sp³-hybridized carbons (Fsp3) is 0.909. The fourth-order valence-electron chi connectivity index (χ4n) is 1.36. The summed E-state index contributed by atoms with van der Waals surface area (Å²) in [5.74, 6) is 3.08. The maximum absolute atomic E-state index is 4.55. The molecular formula is C11H22N2S2.